The third-order valence-corrected chi connectivity index (χ3v) is 5.02. The molecule has 21 heavy (non-hydrogen) atoms. The maximum absolute atomic E-state index is 13.1. The van der Waals surface area contributed by atoms with E-state index in [4.69, 9.17) is 17.3 Å². The van der Waals surface area contributed by atoms with Crippen molar-refractivity contribution in [3.05, 3.63) is 52.3 Å². The fourth-order valence-corrected chi connectivity index (χ4v) is 3.60. The summed E-state index contributed by atoms with van der Waals surface area (Å²) >= 11 is 5.64. The molecule has 2 rings (SSSR count). The summed E-state index contributed by atoms with van der Waals surface area (Å²) < 4.78 is 40.4. The van der Waals surface area contributed by atoms with Crippen molar-refractivity contribution in [1.82, 2.24) is 0 Å². The molecule has 0 aromatic heterocycles. The molecule has 112 valence electrons. The van der Waals surface area contributed by atoms with Gasteiger partial charge in [0.25, 0.3) is 10.0 Å². The van der Waals surface area contributed by atoms with E-state index >= 15 is 0 Å². The van der Waals surface area contributed by atoms with Crippen molar-refractivity contribution < 1.29 is 12.8 Å². The number of aryl methyl sites for hydroxylation is 1. The van der Waals surface area contributed by atoms with Crippen LogP contribution in [0, 0.1) is 19.7 Å². The van der Waals surface area contributed by atoms with Crippen LogP contribution in [0.3, 0.4) is 0 Å². The van der Waals surface area contributed by atoms with Crippen molar-refractivity contribution in [2.24, 2.45) is 0 Å². The van der Waals surface area contributed by atoms with Gasteiger partial charge < -0.3 is 5.73 Å². The number of hydrogen-bond donors (Lipinski definition) is 2. The molecule has 0 atom stereocenters. The Labute approximate surface area is 127 Å². The molecule has 0 aliphatic rings. The van der Waals surface area contributed by atoms with Crippen molar-refractivity contribution in [3.8, 4) is 0 Å². The summed E-state index contributed by atoms with van der Waals surface area (Å²) in [6.07, 6.45) is 0. The van der Waals surface area contributed by atoms with E-state index in [1.807, 2.05) is 0 Å². The third kappa shape index (κ3) is 3.11. The first-order chi connectivity index (χ1) is 9.72. The minimum absolute atomic E-state index is 0.0166. The predicted molar refractivity (Wildman–Crippen MR) is 82.5 cm³/mol. The topological polar surface area (TPSA) is 72.2 Å². The van der Waals surface area contributed by atoms with Gasteiger partial charge in [0.05, 0.1) is 16.4 Å². The highest BCUT2D eigenvalue weighted by molar-refractivity contribution is 7.93. The molecule has 0 unspecified atom stereocenters. The Hall–Kier alpha value is -1.79. The molecular formula is C14H14ClFN2O2S. The molecule has 7 heteroatoms. The summed E-state index contributed by atoms with van der Waals surface area (Å²) in [5.74, 6) is -0.620. The smallest absolute Gasteiger partial charge is 0.264 e. The van der Waals surface area contributed by atoms with Crippen LogP contribution in [0.2, 0.25) is 5.02 Å². The normalized spacial score (nSPS) is 11.4. The van der Waals surface area contributed by atoms with Crippen molar-refractivity contribution in [2.75, 3.05) is 10.5 Å². The fraction of sp³-hybridized carbons (Fsp3) is 0.143. The van der Waals surface area contributed by atoms with Crippen molar-refractivity contribution in [2.45, 2.75) is 18.7 Å². The summed E-state index contributed by atoms with van der Waals surface area (Å²) in [4.78, 5) is 0.0166. The lowest BCUT2D eigenvalue weighted by atomic mass is 10.1. The van der Waals surface area contributed by atoms with Gasteiger partial charge in [-0.2, -0.15) is 0 Å². The Kier molecular flexibility index (Phi) is 4.11. The van der Waals surface area contributed by atoms with Gasteiger partial charge in [0.1, 0.15) is 10.7 Å². The van der Waals surface area contributed by atoms with Crippen LogP contribution in [0.1, 0.15) is 11.1 Å². The summed E-state index contributed by atoms with van der Waals surface area (Å²) in [5.41, 5.74) is 7.47. The Morgan fingerprint density at radius 2 is 1.86 bits per heavy atom. The largest absolute Gasteiger partial charge is 0.398 e. The molecule has 0 aliphatic heterocycles. The van der Waals surface area contributed by atoms with E-state index in [2.05, 4.69) is 4.72 Å². The second-order valence-electron chi connectivity index (χ2n) is 4.66. The lowest BCUT2D eigenvalue weighted by molar-refractivity contribution is 0.600. The molecule has 0 bridgehead atoms. The van der Waals surface area contributed by atoms with Gasteiger partial charge in [-0.25, -0.2) is 12.8 Å². The molecule has 0 aliphatic carbocycles. The molecule has 2 aromatic carbocycles. The number of benzene rings is 2. The summed E-state index contributed by atoms with van der Waals surface area (Å²) in [7, 11) is -3.88. The van der Waals surface area contributed by atoms with Gasteiger partial charge in [-0.15, -0.1) is 0 Å². The summed E-state index contributed by atoms with van der Waals surface area (Å²) in [6, 6.07) is 6.87. The Balaban J connectivity index is 2.48. The molecular weight excluding hydrogens is 315 g/mol. The summed E-state index contributed by atoms with van der Waals surface area (Å²) in [5, 5.41) is -0.163. The number of hydrogen-bond acceptors (Lipinski definition) is 3. The second-order valence-corrected chi connectivity index (χ2v) is 6.69. The highest BCUT2D eigenvalue weighted by atomic mass is 35.5. The zero-order valence-electron chi connectivity index (χ0n) is 11.4. The number of anilines is 2. The van der Waals surface area contributed by atoms with Crippen LogP contribution >= 0.6 is 11.6 Å². The number of sulfonamides is 1. The maximum Gasteiger partial charge on any atom is 0.264 e. The van der Waals surface area contributed by atoms with Crippen LogP contribution in [-0.4, -0.2) is 8.42 Å². The number of nitrogens with two attached hydrogens (primary N) is 1. The first-order valence-electron chi connectivity index (χ1n) is 6.06. The van der Waals surface area contributed by atoms with Crippen LogP contribution < -0.4 is 10.5 Å². The van der Waals surface area contributed by atoms with Gasteiger partial charge in [-0.3, -0.25) is 4.72 Å². The standard InChI is InChI=1S/C14H14ClFN2O2S/c1-8-3-6-13(17)14(9(8)2)21(19,20)18-10-4-5-12(16)11(15)7-10/h3-7,18H,17H2,1-2H3. The minimum atomic E-state index is -3.88. The van der Waals surface area contributed by atoms with E-state index in [1.165, 1.54) is 18.2 Å². The van der Waals surface area contributed by atoms with Gasteiger partial charge in [0, 0.05) is 0 Å². The highest BCUT2D eigenvalue weighted by Crippen LogP contribution is 2.28. The van der Waals surface area contributed by atoms with E-state index in [9.17, 15) is 12.8 Å². The number of nitrogens with one attached hydrogen (secondary N) is 1. The van der Waals surface area contributed by atoms with E-state index < -0.39 is 15.8 Å². The number of nitrogen functional groups attached to an aromatic ring is 1. The number of halogens is 2. The molecule has 0 spiro atoms. The fourth-order valence-electron chi connectivity index (χ4n) is 1.93. The van der Waals surface area contributed by atoms with E-state index in [1.54, 1.807) is 19.9 Å². The maximum atomic E-state index is 13.1. The zero-order chi connectivity index (χ0) is 15.8. The van der Waals surface area contributed by atoms with Gasteiger partial charge in [-0.1, -0.05) is 17.7 Å². The molecule has 0 saturated carbocycles. The predicted octanol–water partition coefficient (Wildman–Crippen LogP) is 3.48. The van der Waals surface area contributed by atoms with Crippen LogP contribution in [0.5, 0.6) is 0 Å². The highest BCUT2D eigenvalue weighted by Gasteiger charge is 2.21. The Morgan fingerprint density at radius 3 is 2.48 bits per heavy atom. The second kappa shape index (κ2) is 5.54. The Bertz CT molecular complexity index is 807. The lowest BCUT2D eigenvalue weighted by Crippen LogP contribution is -2.16. The van der Waals surface area contributed by atoms with Crippen LogP contribution in [0.25, 0.3) is 0 Å². The first-order valence-corrected chi connectivity index (χ1v) is 7.92. The van der Waals surface area contributed by atoms with E-state index in [-0.39, 0.29) is 21.3 Å². The molecule has 0 fully saturated rings. The molecule has 2 aromatic rings. The van der Waals surface area contributed by atoms with Gasteiger partial charge in [0.15, 0.2) is 0 Å². The monoisotopic (exact) mass is 328 g/mol. The molecule has 0 saturated heterocycles. The minimum Gasteiger partial charge on any atom is -0.398 e. The first kappa shape index (κ1) is 15.6. The molecule has 0 radical (unpaired) electrons. The quantitative estimate of drug-likeness (QED) is 0.847. The van der Waals surface area contributed by atoms with Gasteiger partial charge in [0.2, 0.25) is 0 Å². The van der Waals surface area contributed by atoms with Crippen LogP contribution in [0.4, 0.5) is 15.8 Å². The van der Waals surface area contributed by atoms with Crippen LogP contribution in [0.15, 0.2) is 35.2 Å². The zero-order valence-corrected chi connectivity index (χ0v) is 13.0. The molecule has 0 heterocycles. The third-order valence-electron chi connectivity index (χ3n) is 3.15. The van der Waals surface area contributed by atoms with Gasteiger partial charge >= 0.3 is 0 Å². The average molecular weight is 329 g/mol. The average Bonchev–Trinajstić information content (AvgIpc) is 2.38. The van der Waals surface area contributed by atoms with E-state index in [0.717, 1.165) is 11.6 Å². The van der Waals surface area contributed by atoms with Crippen molar-refractivity contribution >= 4 is 33.0 Å². The molecule has 0 amide bonds. The summed E-state index contributed by atoms with van der Waals surface area (Å²) in [6.45, 7) is 3.47. The molecule has 4 nitrogen and oxygen atoms in total. The van der Waals surface area contributed by atoms with Crippen molar-refractivity contribution in [1.29, 1.82) is 0 Å². The number of rotatable bonds is 3. The van der Waals surface area contributed by atoms with Crippen LogP contribution in [-0.2, 0) is 10.0 Å². The van der Waals surface area contributed by atoms with Crippen molar-refractivity contribution in [3.63, 3.8) is 0 Å². The van der Waals surface area contributed by atoms with E-state index in [0.29, 0.717) is 5.56 Å². The lowest BCUT2D eigenvalue weighted by Gasteiger charge is -2.14. The molecule has 3 N–H and O–H groups in total. The SMILES string of the molecule is Cc1ccc(N)c(S(=O)(=O)Nc2ccc(F)c(Cl)c2)c1C. The Morgan fingerprint density at radius 1 is 1.19 bits per heavy atom. The van der Waals surface area contributed by atoms with Gasteiger partial charge in [-0.05, 0) is 49.2 Å².